The fourth-order valence-electron chi connectivity index (χ4n) is 1.80. The smallest absolute Gasteiger partial charge is 0.227 e. The van der Waals surface area contributed by atoms with Gasteiger partial charge in [0.2, 0.25) is 5.91 Å². The second kappa shape index (κ2) is 5.65. The fraction of sp³-hybridized carbons (Fsp3) is 0.417. The second-order valence-electron chi connectivity index (χ2n) is 4.00. The zero-order chi connectivity index (χ0) is 12.3. The molecular weight excluding hydrogens is 258 g/mol. The Hall–Kier alpha value is -0.870. The standard InChI is InChI=1S/C12H14ClNO2S/c13-11-4-2-1-3-10(11)9-12(15)14-5-7-17(16)8-6-14/h1-4H,5-9H2. The maximum Gasteiger partial charge on any atom is 0.227 e. The summed E-state index contributed by atoms with van der Waals surface area (Å²) in [5, 5.41) is 0.626. The zero-order valence-electron chi connectivity index (χ0n) is 9.39. The van der Waals surface area contributed by atoms with Crippen molar-refractivity contribution < 1.29 is 9.00 Å². The number of nitrogens with zero attached hydrogens (tertiary/aromatic N) is 1. The maximum atomic E-state index is 12.0. The van der Waals surface area contributed by atoms with Gasteiger partial charge in [0, 0.05) is 40.4 Å². The van der Waals surface area contributed by atoms with Crippen LogP contribution < -0.4 is 0 Å². The lowest BCUT2D eigenvalue weighted by Gasteiger charge is -2.26. The lowest BCUT2D eigenvalue weighted by molar-refractivity contribution is -0.130. The van der Waals surface area contributed by atoms with Crippen LogP contribution in [0.3, 0.4) is 0 Å². The Morgan fingerprint density at radius 1 is 1.29 bits per heavy atom. The Bertz CT molecular complexity index is 440. The van der Waals surface area contributed by atoms with Gasteiger partial charge in [-0.05, 0) is 11.6 Å². The molecule has 0 aromatic heterocycles. The highest BCUT2D eigenvalue weighted by Crippen LogP contribution is 2.16. The van der Waals surface area contributed by atoms with E-state index in [1.165, 1.54) is 0 Å². The molecule has 3 nitrogen and oxygen atoms in total. The van der Waals surface area contributed by atoms with Crippen LogP contribution in [-0.4, -0.2) is 39.6 Å². The Morgan fingerprint density at radius 3 is 2.59 bits per heavy atom. The van der Waals surface area contributed by atoms with E-state index in [0.29, 0.717) is 36.0 Å². The van der Waals surface area contributed by atoms with E-state index in [1.54, 1.807) is 11.0 Å². The number of rotatable bonds is 2. The minimum atomic E-state index is -0.748. The van der Waals surface area contributed by atoms with Gasteiger partial charge < -0.3 is 4.90 Å². The second-order valence-corrected chi connectivity index (χ2v) is 6.10. The molecule has 2 rings (SSSR count). The molecule has 0 atom stereocenters. The Morgan fingerprint density at radius 2 is 1.94 bits per heavy atom. The third kappa shape index (κ3) is 3.30. The van der Waals surface area contributed by atoms with Gasteiger partial charge in [0.25, 0.3) is 0 Å². The molecule has 92 valence electrons. The molecule has 5 heteroatoms. The van der Waals surface area contributed by atoms with E-state index in [-0.39, 0.29) is 5.91 Å². The third-order valence-electron chi connectivity index (χ3n) is 2.83. The van der Waals surface area contributed by atoms with Gasteiger partial charge in [0.1, 0.15) is 0 Å². The number of carbonyl (C=O) groups is 1. The average Bonchev–Trinajstić information content (AvgIpc) is 2.33. The summed E-state index contributed by atoms with van der Waals surface area (Å²) in [5.41, 5.74) is 0.853. The Labute approximate surface area is 108 Å². The molecule has 1 aliphatic rings. The predicted molar refractivity (Wildman–Crippen MR) is 69.6 cm³/mol. The molecule has 0 unspecified atom stereocenters. The van der Waals surface area contributed by atoms with Gasteiger partial charge in [-0.1, -0.05) is 29.8 Å². The minimum absolute atomic E-state index is 0.0646. The van der Waals surface area contributed by atoms with Crippen molar-refractivity contribution in [3.63, 3.8) is 0 Å². The van der Waals surface area contributed by atoms with E-state index >= 15 is 0 Å². The van der Waals surface area contributed by atoms with Crippen LogP contribution in [0.5, 0.6) is 0 Å². The van der Waals surface area contributed by atoms with Crippen molar-refractivity contribution in [3.8, 4) is 0 Å². The summed E-state index contributed by atoms with van der Waals surface area (Å²) in [4.78, 5) is 13.8. The van der Waals surface area contributed by atoms with Crippen LogP contribution in [0.2, 0.25) is 5.02 Å². The summed E-state index contributed by atoms with van der Waals surface area (Å²) in [7, 11) is -0.748. The van der Waals surface area contributed by atoms with Gasteiger partial charge in [-0.25, -0.2) is 0 Å². The quantitative estimate of drug-likeness (QED) is 0.817. The molecule has 0 aliphatic carbocycles. The van der Waals surface area contributed by atoms with E-state index in [1.807, 2.05) is 18.2 Å². The van der Waals surface area contributed by atoms with Crippen LogP contribution in [-0.2, 0) is 22.0 Å². The van der Waals surface area contributed by atoms with Gasteiger partial charge in [0.15, 0.2) is 0 Å². The molecule has 0 spiro atoms. The van der Waals surface area contributed by atoms with Crippen molar-refractivity contribution in [2.45, 2.75) is 6.42 Å². The van der Waals surface area contributed by atoms with Crippen molar-refractivity contribution in [1.29, 1.82) is 0 Å². The summed E-state index contributed by atoms with van der Waals surface area (Å²) in [6, 6.07) is 7.37. The first-order valence-corrected chi connectivity index (χ1v) is 7.39. The molecule has 0 bridgehead atoms. The van der Waals surface area contributed by atoms with Crippen molar-refractivity contribution in [3.05, 3.63) is 34.9 Å². The Balaban J connectivity index is 1.98. The van der Waals surface area contributed by atoms with E-state index < -0.39 is 10.8 Å². The lowest BCUT2D eigenvalue weighted by atomic mass is 10.1. The summed E-state index contributed by atoms with van der Waals surface area (Å²) < 4.78 is 11.2. The monoisotopic (exact) mass is 271 g/mol. The average molecular weight is 272 g/mol. The summed E-state index contributed by atoms with van der Waals surface area (Å²) in [6.45, 7) is 1.19. The largest absolute Gasteiger partial charge is 0.341 e. The van der Waals surface area contributed by atoms with Crippen LogP contribution in [0.25, 0.3) is 0 Å². The molecule has 1 saturated heterocycles. The molecule has 1 heterocycles. The Kier molecular flexibility index (Phi) is 4.18. The van der Waals surface area contributed by atoms with Gasteiger partial charge in [-0.15, -0.1) is 0 Å². The highest BCUT2D eigenvalue weighted by Gasteiger charge is 2.20. The molecule has 1 aliphatic heterocycles. The van der Waals surface area contributed by atoms with Crippen LogP contribution in [0.15, 0.2) is 24.3 Å². The molecule has 1 aromatic rings. The molecule has 0 N–H and O–H groups in total. The summed E-state index contributed by atoms with van der Waals surface area (Å²) in [6.07, 6.45) is 0.326. The molecule has 0 saturated carbocycles. The first-order valence-electron chi connectivity index (χ1n) is 5.53. The van der Waals surface area contributed by atoms with Crippen LogP contribution in [0.1, 0.15) is 5.56 Å². The minimum Gasteiger partial charge on any atom is -0.341 e. The predicted octanol–water partition coefficient (Wildman–Crippen LogP) is 1.47. The number of carbonyl (C=O) groups excluding carboxylic acids is 1. The molecule has 17 heavy (non-hydrogen) atoms. The molecule has 1 aromatic carbocycles. The number of hydrogen-bond acceptors (Lipinski definition) is 2. The van der Waals surface area contributed by atoms with Gasteiger partial charge in [-0.2, -0.15) is 0 Å². The molecular formula is C12H14ClNO2S. The van der Waals surface area contributed by atoms with Gasteiger partial charge >= 0.3 is 0 Å². The highest BCUT2D eigenvalue weighted by molar-refractivity contribution is 7.85. The highest BCUT2D eigenvalue weighted by atomic mass is 35.5. The maximum absolute atomic E-state index is 12.0. The van der Waals surface area contributed by atoms with E-state index in [0.717, 1.165) is 5.56 Å². The molecule has 1 fully saturated rings. The summed E-state index contributed by atoms with van der Waals surface area (Å²) in [5.74, 6) is 1.25. The van der Waals surface area contributed by atoms with Gasteiger partial charge in [-0.3, -0.25) is 9.00 Å². The van der Waals surface area contributed by atoms with Crippen LogP contribution in [0, 0.1) is 0 Å². The van der Waals surface area contributed by atoms with E-state index in [4.69, 9.17) is 11.6 Å². The van der Waals surface area contributed by atoms with Crippen LogP contribution >= 0.6 is 11.6 Å². The number of benzene rings is 1. The van der Waals surface area contributed by atoms with Crippen molar-refractivity contribution in [1.82, 2.24) is 4.90 Å². The summed E-state index contributed by atoms with van der Waals surface area (Å²) >= 11 is 6.01. The SMILES string of the molecule is O=C(Cc1ccccc1Cl)N1CCS(=O)CC1. The first-order chi connectivity index (χ1) is 8.16. The van der Waals surface area contributed by atoms with E-state index in [2.05, 4.69) is 0 Å². The topological polar surface area (TPSA) is 37.4 Å². The van der Waals surface area contributed by atoms with Crippen molar-refractivity contribution in [2.75, 3.05) is 24.6 Å². The van der Waals surface area contributed by atoms with E-state index in [9.17, 15) is 9.00 Å². The van der Waals surface area contributed by atoms with Crippen molar-refractivity contribution in [2.24, 2.45) is 0 Å². The number of halogens is 1. The number of hydrogen-bond donors (Lipinski definition) is 0. The van der Waals surface area contributed by atoms with Crippen LogP contribution in [0.4, 0.5) is 0 Å². The number of amides is 1. The zero-order valence-corrected chi connectivity index (χ0v) is 11.0. The normalized spacial score (nSPS) is 17.1. The molecule has 1 amide bonds. The third-order valence-corrected chi connectivity index (χ3v) is 4.47. The fourth-order valence-corrected chi connectivity index (χ4v) is 3.06. The van der Waals surface area contributed by atoms with Crippen molar-refractivity contribution >= 4 is 28.3 Å². The first kappa shape index (κ1) is 12.6. The van der Waals surface area contributed by atoms with Gasteiger partial charge in [0.05, 0.1) is 6.42 Å². The molecule has 0 radical (unpaired) electrons. The lowest BCUT2D eigenvalue weighted by Crippen LogP contribution is -2.42.